The third-order valence-corrected chi connectivity index (χ3v) is 1.90. The number of nitro groups is 1. The Bertz CT molecular complexity index is 514. The first-order valence-electron chi connectivity index (χ1n) is 4.59. The van der Waals surface area contributed by atoms with E-state index in [0.717, 1.165) is 18.3 Å². The van der Waals surface area contributed by atoms with Crippen molar-refractivity contribution in [3.63, 3.8) is 0 Å². The van der Waals surface area contributed by atoms with Crippen molar-refractivity contribution in [1.29, 1.82) is 0 Å². The maximum atomic E-state index is 10.8. The predicted octanol–water partition coefficient (Wildman–Crippen LogP) is 0.311. The largest absolute Gasteiger partial charge is 0.504 e. The Morgan fingerprint density at radius 2 is 2.33 bits per heavy atom. The van der Waals surface area contributed by atoms with Crippen LogP contribution in [0, 0.1) is 10.1 Å². The van der Waals surface area contributed by atoms with Gasteiger partial charge in [0.05, 0.1) is 29.9 Å². The number of phenolic OH excluding ortho intramolecular Hbond substituents is 1. The number of nitro benzene ring substituents is 1. The van der Waals surface area contributed by atoms with Gasteiger partial charge < -0.3 is 15.6 Å². The van der Waals surface area contributed by atoms with Gasteiger partial charge in [-0.3, -0.25) is 10.1 Å². The summed E-state index contributed by atoms with van der Waals surface area (Å²) in [6, 6.07) is 1.22. The van der Waals surface area contributed by atoms with Gasteiger partial charge in [-0.25, -0.2) is 10.2 Å². The molecule has 4 N–H and O–H groups in total. The highest BCUT2D eigenvalue weighted by molar-refractivity contribution is 5.87. The smallest absolute Gasteiger partial charge is 0.332 e. The lowest BCUT2D eigenvalue weighted by atomic mass is 10.1. The van der Waals surface area contributed by atoms with Crippen LogP contribution in [0.2, 0.25) is 0 Å². The molecule has 9 nitrogen and oxygen atoms in total. The van der Waals surface area contributed by atoms with Crippen LogP contribution < -0.4 is 15.9 Å². The van der Waals surface area contributed by atoms with Gasteiger partial charge in [-0.2, -0.15) is 5.10 Å². The van der Waals surface area contributed by atoms with Crippen LogP contribution >= 0.6 is 0 Å². The molecule has 0 saturated carbocycles. The molecule has 1 rings (SSSR count). The third kappa shape index (κ3) is 3.07. The summed E-state index contributed by atoms with van der Waals surface area (Å²) in [5.41, 5.74) is 6.30. The Balaban J connectivity index is 3.17. The van der Waals surface area contributed by atoms with E-state index in [2.05, 4.69) is 5.10 Å². The molecule has 1 aromatic carbocycles. The summed E-state index contributed by atoms with van der Waals surface area (Å²) in [5.74, 6) is -0.328. The highest BCUT2D eigenvalue weighted by Crippen LogP contribution is 2.32. The van der Waals surface area contributed by atoms with Crippen molar-refractivity contribution in [3.8, 4) is 11.5 Å². The van der Waals surface area contributed by atoms with Gasteiger partial charge >= 0.3 is 6.03 Å². The van der Waals surface area contributed by atoms with E-state index in [4.69, 9.17) is 10.5 Å². The zero-order chi connectivity index (χ0) is 13.7. The van der Waals surface area contributed by atoms with Gasteiger partial charge in [0.15, 0.2) is 11.5 Å². The molecule has 2 amide bonds. The van der Waals surface area contributed by atoms with Crippen molar-refractivity contribution >= 4 is 17.9 Å². The first kappa shape index (κ1) is 13.2. The fourth-order valence-electron chi connectivity index (χ4n) is 1.16. The van der Waals surface area contributed by atoms with Gasteiger partial charge in [-0.05, 0) is 6.07 Å². The van der Waals surface area contributed by atoms with Gasteiger partial charge in [-0.1, -0.05) is 0 Å². The number of ether oxygens (including phenoxy) is 1. The summed E-state index contributed by atoms with van der Waals surface area (Å²) >= 11 is 0. The molecule has 0 spiro atoms. The van der Waals surface area contributed by atoms with Crippen molar-refractivity contribution in [2.45, 2.75) is 0 Å². The molecule has 9 heteroatoms. The minimum absolute atomic E-state index is 0.00736. The molecular formula is C9H10N4O5. The summed E-state index contributed by atoms with van der Waals surface area (Å²) < 4.78 is 4.74. The first-order valence-corrected chi connectivity index (χ1v) is 4.59. The fourth-order valence-corrected chi connectivity index (χ4v) is 1.16. The topological polar surface area (TPSA) is 140 Å². The van der Waals surface area contributed by atoms with E-state index >= 15 is 0 Å². The fraction of sp³-hybridized carbons (Fsp3) is 0.111. The Hall–Kier alpha value is -2.84. The highest BCUT2D eigenvalue weighted by atomic mass is 16.6. The second-order valence-electron chi connectivity index (χ2n) is 3.07. The summed E-state index contributed by atoms with van der Waals surface area (Å²) in [6.07, 6.45) is 0.988. The van der Waals surface area contributed by atoms with Gasteiger partial charge in [-0.15, -0.1) is 0 Å². The van der Waals surface area contributed by atoms with Crippen molar-refractivity contribution < 1.29 is 19.6 Å². The van der Waals surface area contributed by atoms with E-state index < -0.39 is 11.0 Å². The van der Waals surface area contributed by atoms with E-state index in [-0.39, 0.29) is 22.7 Å². The monoisotopic (exact) mass is 254 g/mol. The summed E-state index contributed by atoms with van der Waals surface area (Å²) in [6.45, 7) is 0. The average Bonchev–Trinajstić information content (AvgIpc) is 2.28. The number of aromatic hydroxyl groups is 1. The second kappa shape index (κ2) is 5.48. The van der Waals surface area contributed by atoms with E-state index in [9.17, 15) is 20.0 Å². The number of hydrazone groups is 1. The molecule has 0 aromatic heterocycles. The number of benzene rings is 1. The highest BCUT2D eigenvalue weighted by Gasteiger charge is 2.17. The van der Waals surface area contributed by atoms with Crippen LogP contribution in [0.3, 0.4) is 0 Å². The van der Waals surface area contributed by atoms with E-state index in [1.54, 1.807) is 0 Å². The number of carbonyl (C=O) groups is 1. The van der Waals surface area contributed by atoms with Crippen LogP contribution in [0.5, 0.6) is 11.5 Å². The second-order valence-corrected chi connectivity index (χ2v) is 3.07. The lowest BCUT2D eigenvalue weighted by molar-refractivity contribution is -0.385. The van der Waals surface area contributed by atoms with Crippen LogP contribution in [0.25, 0.3) is 0 Å². The lowest BCUT2D eigenvalue weighted by Crippen LogP contribution is -2.24. The molecule has 0 heterocycles. The quantitative estimate of drug-likeness (QED) is 0.403. The molecule has 96 valence electrons. The normalized spacial score (nSPS) is 10.3. The van der Waals surface area contributed by atoms with Crippen molar-refractivity contribution in [2.24, 2.45) is 10.8 Å². The number of nitrogens with zero attached hydrogens (tertiary/aromatic N) is 2. The molecule has 0 aliphatic rings. The van der Waals surface area contributed by atoms with Crippen LogP contribution in [0.15, 0.2) is 17.2 Å². The molecule has 18 heavy (non-hydrogen) atoms. The maximum Gasteiger partial charge on any atom is 0.332 e. The SMILES string of the molecule is COc1cc([N+](=O)[O-])c(/C=N/NC(N)=O)cc1O. The number of rotatable bonds is 4. The molecule has 0 unspecified atom stereocenters. The number of nitrogens with one attached hydrogen (secondary N) is 1. The zero-order valence-electron chi connectivity index (χ0n) is 9.28. The van der Waals surface area contributed by atoms with E-state index in [0.29, 0.717) is 0 Å². The Morgan fingerprint density at radius 1 is 1.67 bits per heavy atom. The van der Waals surface area contributed by atoms with Crippen LogP contribution in [-0.4, -0.2) is 29.4 Å². The van der Waals surface area contributed by atoms with E-state index in [1.807, 2.05) is 5.43 Å². The summed E-state index contributed by atoms with van der Waals surface area (Å²) in [4.78, 5) is 20.5. The number of amides is 2. The first-order chi connectivity index (χ1) is 8.45. The Kier molecular flexibility index (Phi) is 4.02. The molecule has 0 fully saturated rings. The number of nitrogens with two attached hydrogens (primary N) is 1. The number of primary amides is 1. The Morgan fingerprint density at radius 3 is 2.83 bits per heavy atom. The summed E-state index contributed by atoms with van der Waals surface area (Å²) in [7, 11) is 1.27. The van der Waals surface area contributed by atoms with Gasteiger partial charge in [0.1, 0.15) is 0 Å². The van der Waals surface area contributed by atoms with Gasteiger partial charge in [0, 0.05) is 0 Å². The van der Waals surface area contributed by atoms with Gasteiger partial charge in [0.2, 0.25) is 0 Å². The number of methoxy groups -OCH3 is 1. The molecular weight excluding hydrogens is 244 g/mol. The third-order valence-electron chi connectivity index (χ3n) is 1.90. The molecule has 0 saturated heterocycles. The van der Waals surface area contributed by atoms with E-state index in [1.165, 1.54) is 7.11 Å². The number of hydrogen-bond acceptors (Lipinski definition) is 6. The molecule has 0 aliphatic heterocycles. The molecule has 0 bridgehead atoms. The maximum absolute atomic E-state index is 10.8. The minimum Gasteiger partial charge on any atom is -0.504 e. The van der Waals surface area contributed by atoms with Crippen LogP contribution in [0.1, 0.15) is 5.56 Å². The minimum atomic E-state index is -0.911. The van der Waals surface area contributed by atoms with Crippen LogP contribution in [-0.2, 0) is 0 Å². The molecule has 0 atom stereocenters. The number of urea groups is 1. The predicted molar refractivity (Wildman–Crippen MR) is 61.6 cm³/mol. The van der Waals surface area contributed by atoms with Crippen molar-refractivity contribution in [2.75, 3.05) is 7.11 Å². The molecule has 1 aromatic rings. The lowest BCUT2D eigenvalue weighted by Gasteiger charge is -2.04. The standard InChI is InChI=1S/C9H10N4O5/c1-18-8-3-6(13(16)17)5(2-7(8)14)4-11-12-9(10)15/h2-4,14H,1H3,(H3,10,12,15)/b11-4+. The Labute approximate surface area is 101 Å². The average molecular weight is 254 g/mol. The number of carbonyl (C=O) groups excluding carboxylic acids is 1. The number of phenols is 1. The van der Waals surface area contributed by atoms with Crippen molar-refractivity contribution in [3.05, 3.63) is 27.8 Å². The van der Waals surface area contributed by atoms with Gasteiger partial charge in [0.25, 0.3) is 5.69 Å². The molecule has 0 aliphatic carbocycles. The zero-order valence-corrected chi connectivity index (χ0v) is 9.28. The van der Waals surface area contributed by atoms with Crippen molar-refractivity contribution in [1.82, 2.24) is 5.43 Å². The van der Waals surface area contributed by atoms with Crippen LogP contribution in [0.4, 0.5) is 10.5 Å². The summed E-state index contributed by atoms with van der Waals surface area (Å²) in [5, 5.41) is 23.7. The molecule has 0 radical (unpaired) electrons. The number of hydrogen-bond donors (Lipinski definition) is 3.